The van der Waals surface area contributed by atoms with Gasteiger partial charge in [0.2, 0.25) is 0 Å². The van der Waals surface area contributed by atoms with Gasteiger partial charge in [-0.1, -0.05) is 0 Å². The Morgan fingerprint density at radius 3 is 2.92 bits per heavy atom. The van der Waals surface area contributed by atoms with E-state index in [0.29, 0.717) is 0 Å². The van der Waals surface area contributed by atoms with E-state index in [0.717, 1.165) is 0 Å². The van der Waals surface area contributed by atoms with Crippen molar-refractivity contribution < 1.29 is 0 Å². The van der Waals surface area contributed by atoms with Gasteiger partial charge in [-0.15, -0.1) is 0 Å². The van der Waals surface area contributed by atoms with Crippen molar-refractivity contribution >= 4 is 17.8 Å². The van der Waals surface area contributed by atoms with Crippen molar-refractivity contribution in [3.05, 3.63) is 29.8 Å². The van der Waals surface area contributed by atoms with Crippen molar-refractivity contribution in [1.82, 2.24) is 0 Å². The molecule has 0 atom stereocenters. The van der Waals surface area contributed by atoms with Crippen LogP contribution >= 0.6 is 0 Å². The van der Waals surface area contributed by atoms with Gasteiger partial charge in [-0.3, -0.25) is 0 Å². The molecule has 0 spiro atoms. The summed E-state index contributed by atoms with van der Waals surface area (Å²) in [6.07, 6.45) is 5.11. The van der Waals surface area contributed by atoms with E-state index >= 15 is 0 Å². The molecule has 0 saturated heterocycles. The van der Waals surface area contributed by atoms with Crippen molar-refractivity contribution in [2.45, 2.75) is 32.6 Å². The van der Waals surface area contributed by atoms with Crippen LogP contribution < -0.4 is 5.46 Å². The Labute approximate surface area is 80.9 Å². The number of unbranched alkanes of at least 4 members (excludes halogenated alkanes) is 1. The summed E-state index contributed by atoms with van der Waals surface area (Å²) in [4.78, 5) is 0. The first kappa shape index (κ1) is 8.74. The molecule has 1 aromatic rings. The molecule has 1 aliphatic rings. The standard InChI is InChI=1S/C12H15B/c1-2-3-7-11-9-10-6-4-5-8-12(10)13-11/h4-6,8H,2-3,7,9H2,1H3. The van der Waals surface area contributed by atoms with E-state index in [1.54, 1.807) is 5.46 Å². The SMILES string of the molecule is CCCCC1=Bc2ccccc2C1. The van der Waals surface area contributed by atoms with E-state index in [-0.39, 0.29) is 0 Å². The van der Waals surface area contributed by atoms with Crippen LogP contribution in [0.25, 0.3) is 0 Å². The quantitative estimate of drug-likeness (QED) is 0.608. The van der Waals surface area contributed by atoms with Crippen molar-refractivity contribution in [3.8, 4) is 0 Å². The average molecular weight is 170 g/mol. The first-order valence-corrected chi connectivity index (χ1v) is 5.17. The zero-order chi connectivity index (χ0) is 9.10. The minimum atomic E-state index is 1.19. The Balaban J connectivity index is 2.08. The molecule has 66 valence electrons. The van der Waals surface area contributed by atoms with Gasteiger partial charge in [-0.05, 0) is 0 Å². The third kappa shape index (κ3) is 1.90. The van der Waals surface area contributed by atoms with Gasteiger partial charge in [-0.2, -0.15) is 0 Å². The molecule has 2 rings (SSSR count). The van der Waals surface area contributed by atoms with E-state index in [1.165, 1.54) is 36.7 Å². The fourth-order valence-corrected chi connectivity index (χ4v) is 1.92. The Morgan fingerprint density at radius 2 is 2.15 bits per heavy atom. The van der Waals surface area contributed by atoms with Crippen LogP contribution in [0.1, 0.15) is 31.7 Å². The van der Waals surface area contributed by atoms with Gasteiger partial charge in [0.1, 0.15) is 0 Å². The summed E-state index contributed by atoms with van der Waals surface area (Å²) in [7, 11) is 0. The molecule has 1 heteroatoms. The molecule has 0 unspecified atom stereocenters. The summed E-state index contributed by atoms with van der Waals surface area (Å²) in [6.45, 7) is 4.62. The maximum absolute atomic E-state index is 2.37. The van der Waals surface area contributed by atoms with Gasteiger partial charge in [0.15, 0.2) is 0 Å². The second-order valence-electron chi connectivity index (χ2n) is 3.78. The molecule has 0 nitrogen and oxygen atoms in total. The molecule has 13 heavy (non-hydrogen) atoms. The topological polar surface area (TPSA) is 0 Å². The Hall–Kier alpha value is -0.845. The van der Waals surface area contributed by atoms with Gasteiger partial charge < -0.3 is 0 Å². The van der Waals surface area contributed by atoms with Crippen molar-refractivity contribution in [3.63, 3.8) is 0 Å². The first-order valence-electron chi connectivity index (χ1n) is 5.17. The van der Waals surface area contributed by atoms with Gasteiger partial charge >= 0.3 is 80.3 Å². The molecule has 0 aromatic heterocycles. The van der Waals surface area contributed by atoms with Gasteiger partial charge in [0, 0.05) is 0 Å². The zero-order valence-electron chi connectivity index (χ0n) is 8.22. The van der Waals surface area contributed by atoms with Crippen molar-refractivity contribution in [2.24, 2.45) is 0 Å². The summed E-state index contributed by atoms with van der Waals surface area (Å²) in [5, 5.41) is 0. The molecule has 1 aromatic carbocycles. The molecule has 0 saturated carbocycles. The van der Waals surface area contributed by atoms with Crippen LogP contribution in [0.5, 0.6) is 0 Å². The predicted molar refractivity (Wildman–Crippen MR) is 60.1 cm³/mol. The number of hydrogen-bond donors (Lipinski definition) is 0. The van der Waals surface area contributed by atoms with Crippen LogP contribution in [-0.2, 0) is 6.42 Å². The van der Waals surface area contributed by atoms with E-state index < -0.39 is 0 Å². The van der Waals surface area contributed by atoms with E-state index in [2.05, 4.69) is 38.1 Å². The number of rotatable bonds is 3. The van der Waals surface area contributed by atoms with Gasteiger partial charge in [-0.25, -0.2) is 0 Å². The first-order chi connectivity index (χ1) is 6.40. The second kappa shape index (κ2) is 3.91. The molecule has 0 amide bonds. The van der Waals surface area contributed by atoms with Crippen LogP contribution in [0.4, 0.5) is 0 Å². The van der Waals surface area contributed by atoms with Crippen LogP contribution in [0.3, 0.4) is 0 Å². The molecule has 0 bridgehead atoms. The van der Waals surface area contributed by atoms with Crippen LogP contribution in [0.2, 0.25) is 0 Å². The van der Waals surface area contributed by atoms with Crippen LogP contribution in [0.15, 0.2) is 24.3 Å². The molecular weight excluding hydrogens is 155 g/mol. The van der Waals surface area contributed by atoms with E-state index in [4.69, 9.17) is 0 Å². The summed E-state index contributed by atoms with van der Waals surface area (Å²) >= 11 is 0. The molecule has 0 N–H and O–H groups in total. The third-order valence-corrected chi connectivity index (χ3v) is 2.68. The van der Waals surface area contributed by atoms with Gasteiger partial charge in [0.25, 0.3) is 0 Å². The van der Waals surface area contributed by atoms with Crippen molar-refractivity contribution in [2.75, 3.05) is 0 Å². The van der Waals surface area contributed by atoms with Crippen molar-refractivity contribution in [1.29, 1.82) is 0 Å². The Bertz CT molecular complexity index is 326. The molecule has 0 aliphatic carbocycles. The molecule has 1 heterocycles. The third-order valence-electron chi connectivity index (χ3n) is 2.68. The summed E-state index contributed by atoms with van der Waals surface area (Å²) in [5.74, 6) is 0. The maximum atomic E-state index is 2.37. The Morgan fingerprint density at radius 1 is 1.31 bits per heavy atom. The monoisotopic (exact) mass is 170 g/mol. The fourth-order valence-electron chi connectivity index (χ4n) is 1.92. The molecule has 0 fully saturated rings. The Kier molecular flexibility index (Phi) is 2.63. The van der Waals surface area contributed by atoms with E-state index in [9.17, 15) is 0 Å². The fraction of sp³-hybridized carbons (Fsp3) is 0.417. The molecule has 1 aliphatic heterocycles. The summed E-state index contributed by atoms with van der Waals surface area (Å²) in [5.41, 5.74) is 4.56. The van der Waals surface area contributed by atoms with Gasteiger partial charge in [0.05, 0.1) is 0 Å². The predicted octanol–water partition coefficient (Wildman–Crippen LogP) is 1.93. The van der Waals surface area contributed by atoms with Crippen LogP contribution in [0, 0.1) is 0 Å². The number of benzene rings is 1. The summed E-state index contributed by atoms with van der Waals surface area (Å²) < 4.78 is 0. The molecule has 0 radical (unpaired) electrons. The second-order valence-corrected chi connectivity index (χ2v) is 3.78. The number of fused-ring (bicyclic) bond motifs is 1. The van der Waals surface area contributed by atoms with E-state index in [1.807, 2.05) is 0 Å². The zero-order valence-corrected chi connectivity index (χ0v) is 8.22. The average Bonchev–Trinajstić information content (AvgIpc) is 2.57. The summed E-state index contributed by atoms with van der Waals surface area (Å²) in [6, 6.07) is 8.71. The normalized spacial score (nSPS) is 13.5. The number of hydrogen-bond acceptors (Lipinski definition) is 0. The minimum absolute atomic E-state index is 1.19. The van der Waals surface area contributed by atoms with Crippen LogP contribution in [-0.4, -0.2) is 12.4 Å². The molecular formula is C12H15B.